The second-order valence-electron chi connectivity index (χ2n) is 2.58. The molecule has 0 amide bonds. The molecule has 5 heteroatoms. The van der Waals surface area contributed by atoms with Crippen LogP contribution in [0.2, 0.25) is 0 Å². The van der Waals surface area contributed by atoms with Gasteiger partial charge in [0.1, 0.15) is 18.4 Å². The van der Waals surface area contributed by atoms with E-state index in [0.29, 0.717) is 13.2 Å². The summed E-state index contributed by atoms with van der Waals surface area (Å²) in [6.07, 6.45) is 0. The Morgan fingerprint density at radius 3 is 2.53 bits per heavy atom. The molecule has 0 aromatic rings. The number of rotatable bonds is 6. The van der Waals surface area contributed by atoms with E-state index in [-0.39, 0.29) is 17.9 Å². The van der Waals surface area contributed by atoms with Gasteiger partial charge < -0.3 is 14.2 Å². The van der Waals surface area contributed by atoms with E-state index in [4.69, 9.17) is 19.5 Å². The summed E-state index contributed by atoms with van der Waals surface area (Å²) in [6.45, 7) is 4.40. The SMILES string of the molecule is CCOCCOC(=O)C(C#N)=C(C)OC. The highest BCUT2D eigenvalue weighted by Gasteiger charge is 2.14. The Bertz CT molecular complexity index is 278. The lowest BCUT2D eigenvalue weighted by atomic mass is 10.2. The monoisotopic (exact) mass is 213 g/mol. The Hall–Kier alpha value is -1.54. The van der Waals surface area contributed by atoms with E-state index in [0.717, 1.165) is 0 Å². The summed E-state index contributed by atoms with van der Waals surface area (Å²) in [4.78, 5) is 11.3. The Morgan fingerprint density at radius 2 is 2.07 bits per heavy atom. The molecule has 0 aliphatic rings. The van der Waals surface area contributed by atoms with Crippen LogP contribution in [-0.4, -0.2) is 32.9 Å². The summed E-state index contributed by atoms with van der Waals surface area (Å²) in [5.41, 5.74) is -0.117. The van der Waals surface area contributed by atoms with E-state index >= 15 is 0 Å². The molecule has 0 aliphatic heterocycles. The van der Waals surface area contributed by atoms with E-state index < -0.39 is 5.97 Å². The average molecular weight is 213 g/mol. The van der Waals surface area contributed by atoms with Crippen molar-refractivity contribution < 1.29 is 19.0 Å². The summed E-state index contributed by atoms with van der Waals surface area (Å²) in [5, 5.41) is 8.68. The lowest BCUT2D eigenvalue weighted by Crippen LogP contribution is -2.13. The minimum atomic E-state index is -0.684. The first-order chi connectivity index (χ1) is 7.17. The van der Waals surface area contributed by atoms with Gasteiger partial charge in [-0.3, -0.25) is 0 Å². The van der Waals surface area contributed by atoms with Crippen molar-refractivity contribution in [1.82, 2.24) is 0 Å². The van der Waals surface area contributed by atoms with E-state index in [2.05, 4.69) is 0 Å². The van der Waals surface area contributed by atoms with Gasteiger partial charge in [0.2, 0.25) is 0 Å². The maximum absolute atomic E-state index is 11.3. The fourth-order valence-electron chi connectivity index (χ4n) is 0.780. The lowest BCUT2D eigenvalue weighted by Gasteiger charge is -2.05. The van der Waals surface area contributed by atoms with Gasteiger partial charge in [0.05, 0.1) is 13.7 Å². The number of methoxy groups -OCH3 is 1. The Balaban J connectivity index is 4.14. The highest BCUT2D eigenvalue weighted by Crippen LogP contribution is 2.05. The predicted molar refractivity (Wildman–Crippen MR) is 52.8 cm³/mol. The summed E-state index contributed by atoms with van der Waals surface area (Å²) < 4.78 is 14.5. The van der Waals surface area contributed by atoms with E-state index in [1.165, 1.54) is 14.0 Å². The number of hydrogen-bond donors (Lipinski definition) is 0. The smallest absolute Gasteiger partial charge is 0.352 e. The molecule has 0 atom stereocenters. The molecule has 0 bridgehead atoms. The van der Waals surface area contributed by atoms with E-state index in [1.807, 2.05) is 6.92 Å². The minimum absolute atomic E-state index is 0.117. The van der Waals surface area contributed by atoms with Crippen LogP contribution in [0, 0.1) is 11.3 Å². The topological polar surface area (TPSA) is 68.5 Å². The summed E-state index contributed by atoms with van der Waals surface area (Å²) in [7, 11) is 1.39. The predicted octanol–water partition coefficient (Wildman–Crippen LogP) is 1.01. The van der Waals surface area contributed by atoms with Crippen LogP contribution in [0.1, 0.15) is 13.8 Å². The normalized spacial score (nSPS) is 11.3. The molecule has 0 N–H and O–H groups in total. The second kappa shape index (κ2) is 7.83. The van der Waals surface area contributed by atoms with Gasteiger partial charge in [-0.05, 0) is 13.8 Å². The molecule has 0 aliphatic carbocycles. The van der Waals surface area contributed by atoms with Crippen LogP contribution >= 0.6 is 0 Å². The lowest BCUT2D eigenvalue weighted by molar-refractivity contribution is -0.140. The summed E-state index contributed by atoms with van der Waals surface area (Å²) in [5.74, 6) is -0.435. The van der Waals surface area contributed by atoms with Crippen LogP contribution in [0.5, 0.6) is 0 Å². The molecule has 0 heterocycles. The zero-order chi connectivity index (χ0) is 11.7. The van der Waals surface area contributed by atoms with Crippen molar-refractivity contribution in [2.75, 3.05) is 26.9 Å². The number of allylic oxidation sites excluding steroid dienone is 1. The van der Waals surface area contributed by atoms with Crippen molar-refractivity contribution in [3.63, 3.8) is 0 Å². The van der Waals surface area contributed by atoms with Crippen LogP contribution < -0.4 is 0 Å². The van der Waals surface area contributed by atoms with Crippen molar-refractivity contribution in [2.45, 2.75) is 13.8 Å². The minimum Gasteiger partial charge on any atom is -0.500 e. The van der Waals surface area contributed by atoms with Gasteiger partial charge in [0.25, 0.3) is 0 Å². The molecule has 0 radical (unpaired) electrons. The largest absolute Gasteiger partial charge is 0.500 e. The molecule has 0 unspecified atom stereocenters. The Labute approximate surface area is 89.2 Å². The number of carbonyl (C=O) groups excluding carboxylic acids is 1. The average Bonchev–Trinajstić information content (AvgIpc) is 2.25. The van der Waals surface area contributed by atoms with Crippen LogP contribution in [0.25, 0.3) is 0 Å². The van der Waals surface area contributed by atoms with Gasteiger partial charge >= 0.3 is 5.97 Å². The molecule has 0 saturated carbocycles. The van der Waals surface area contributed by atoms with Gasteiger partial charge in [0, 0.05) is 6.61 Å². The number of hydrogen-bond acceptors (Lipinski definition) is 5. The van der Waals surface area contributed by atoms with Crippen LogP contribution in [0.4, 0.5) is 0 Å². The first-order valence-corrected chi connectivity index (χ1v) is 4.57. The zero-order valence-corrected chi connectivity index (χ0v) is 9.20. The van der Waals surface area contributed by atoms with Gasteiger partial charge in [-0.2, -0.15) is 5.26 Å². The third-order valence-corrected chi connectivity index (χ3v) is 1.64. The Morgan fingerprint density at radius 1 is 1.40 bits per heavy atom. The molecular weight excluding hydrogens is 198 g/mol. The fraction of sp³-hybridized carbons (Fsp3) is 0.600. The molecule has 15 heavy (non-hydrogen) atoms. The first kappa shape index (κ1) is 13.5. The molecule has 0 rings (SSSR count). The molecule has 0 aromatic heterocycles. The van der Waals surface area contributed by atoms with Gasteiger partial charge in [-0.1, -0.05) is 0 Å². The van der Waals surface area contributed by atoms with Crippen molar-refractivity contribution in [1.29, 1.82) is 5.26 Å². The van der Waals surface area contributed by atoms with Gasteiger partial charge in [-0.15, -0.1) is 0 Å². The Kier molecular flexibility index (Phi) is 7.02. The van der Waals surface area contributed by atoms with Crippen LogP contribution in [0.3, 0.4) is 0 Å². The molecule has 5 nitrogen and oxygen atoms in total. The highest BCUT2D eigenvalue weighted by molar-refractivity contribution is 5.93. The summed E-state index contributed by atoms with van der Waals surface area (Å²) >= 11 is 0. The maximum atomic E-state index is 11.3. The molecule has 0 spiro atoms. The number of nitrogens with zero attached hydrogens (tertiary/aromatic N) is 1. The molecule has 84 valence electrons. The quantitative estimate of drug-likeness (QED) is 0.216. The molecule has 0 fully saturated rings. The van der Waals surface area contributed by atoms with Crippen molar-refractivity contribution in [2.24, 2.45) is 0 Å². The van der Waals surface area contributed by atoms with Gasteiger partial charge in [-0.25, -0.2) is 4.79 Å². The zero-order valence-electron chi connectivity index (χ0n) is 9.20. The van der Waals surface area contributed by atoms with Crippen molar-refractivity contribution in [3.8, 4) is 6.07 Å². The van der Waals surface area contributed by atoms with Gasteiger partial charge in [0.15, 0.2) is 5.57 Å². The van der Waals surface area contributed by atoms with Crippen molar-refractivity contribution in [3.05, 3.63) is 11.3 Å². The van der Waals surface area contributed by atoms with Crippen LogP contribution in [-0.2, 0) is 19.0 Å². The number of carbonyl (C=O) groups is 1. The van der Waals surface area contributed by atoms with E-state index in [9.17, 15) is 4.79 Å². The first-order valence-electron chi connectivity index (χ1n) is 4.57. The molecular formula is C10H15NO4. The maximum Gasteiger partial charge on any atom is 0.352 e. The fourth-order valence-corrected chi connectivity index (χ4v) is 0.780. The third-order valence-electron chi connectivity index (χ3n) is 1.64. The standard InChI is InChI=1S/C10H15NO4/c1-4-14-5-6-15-10(12)9(7-11)8(2)13-3/h4-6H2,1-3H3. The number of esters is 1. The summed E-state index contributed by atoms with van der Waals surface area (Å²) in [6, 6.07) is 1.73. The molecule has 0 aromatic carbocycles. The second-order valence-corrected chi connectivity index (χ2v) is 2.58. The van der Waals surface area contributed by atoms with Crippen molar-refractivity contribution >= 4 is 5.97 Å². The third kappa shape index (κ3) is 5.03. The number of ether oxygens (including phenoxy) is 3. The number of nitriles is 1. The van der Waals surface area contributed by atoms with Crippen LogP contribution in [0.15, 0.2) is 11.3 Å². The molecule has 0 saturated heterocycles. The highest BCUT2D eigenvalue weighted by atomic mass is 16.6. The van der Waals surface area contributed by atoms with E-state index in [1.54, 1.807) is 6.07 Å².